The standard InChI is InChI=1S/C9H13BO4/c1-14-9(11)6-7-2-4-8(5-3-7)10(12)13/h2-5,9,11-13H,6H2,1H3. The molecule has 5 heteroatoms. The lowest BCUT2D eigenvalue weighted by atomic mass is 9.80. The summed E-state index contributed by atoms with van der Waals surface area (Å²) in [6, 6.07) is 6.64. The maximum atomic E-state index is 9.17. The normalized spacial score (nSPS) is 12.6. The quantitative estimate of drug-likeness (QED) is 0.421. The fourth-order valence-electron chi connectivity index (χ4n) is 1.11. The van der Waals surface area contributed by atoms with Crippen molar-refractivity contribution >= 4 is 12.6 Å². The van der Waals surface area contributed by atoms with Crippen LogP contribution in [0.25, 0.3) is 0 Å². The van der Waals surface area contributed by atoms with Gasteiger partial charge in [0.25, 0.3) is 0 Å². The van der Waals surface area contributed by atoms with Crippen molar-refractivity contribution in [2.24, 2.45) is 0 Å². The Morgan fingerprint density at radius 3 is 2.29 bits per heavy atom. The van der Waals surface area contributed by atoms with E-state index >= 15 is 0 Å². The van der Waals surface area contributed by atoms with Crippen molar-refractivity contribution in [1.29, 1.82) is 0 Å². The van der Waals surface area contributed by atoms with Crippen LogP contribution in [-0.2, 0) is 11.2 Å². The van der Waals surface area contributed by atoms with E-state index in [1.54, 1.807) is 24.3 Å². The van der Waals surface area contributed by atoms with Gasteiger partial charge in [-0.15, -0.1) is 0 Å². The van der Waals surface area contributed by atoms with E-state index in [9.17, 15) is 0 Å². The molecule has 0 aliphatic carbocycles. The number of benzene rings is 1. The van der Waals surface area contributed by atoms with Gasteiger partial charge < -0.3 is 19.9 Å². The Balaban J connectivity index is 2.64. The summed E-state index contributed by atoms with van der Waals surface area (Å²) in [5, 5.41) is 26.8. The van der Waals surface area contributed by atoms with E-state index in [0.29, 0.717) is 11.9 Å². The SMILES string of the molecule is COC(O)Cc1ccc(B(O)O)cc1. The lowest BCUT2D eigenvalue weighted by molar-refractivity contribution is -0.0720. The highest BCUT2D eigenvalue weighted by molar-refractivity contribution is 6.58. The molecule has 1 aromatic rings. The molecule has 14 heavy (non-hydrogen) atoms. The van der Waals surface area contributed by atoms with Gasteiger partial charge in [0, 0.05) is 13.5 Å². The molecular weight excluding hydrogens is 183 g/mol. The molecule has 0 aliphatic heterocycles. The minimum atomic E-state index is -1.45. The number of hydrogen-bond acceptors (Lipinski definition) is 4. The highest BCUT2D eigenvalue weighted by atomic mass is 16.6. The summed E-state index contributed by atoms with van der Waals surface area (Å²) >= 11 is 0. The Kier molecular flexibility index (Phi) is 4.09. The molecule has 3 N–H and O–H groups in total. The highest BCUT2D eigenvalue weighted by Crippen LogP contribution is 2.02. The second-order valence-electron chi connectivity index (χ2n) is 3.01. The van der Waals surface area contributed by atoms with Crippen molar-refractivity contribution in [2.45, 2.75) is 12.7 Å². The Bertz CT molecular complexity index is 273. The summed E-state index contributed by atoms with van der Waals surface area (Å²) in [5.74, 6) is 0. The fourth-order valence-corrected chi connectivity index (χ4v) is 1.11. The van der Waals surface area contributed by atoms with E-state index < -0.39 is 13.4 Å². The van der Waals surface area contributed by atoms with E-state index in [2.05, 4.69) is 4.74 Å². The maximum Gasteiger partial charge on any atom is 0.488 e. The molecule has 0 aliphatic rings. The van der Waals surface area contributed by atoms with Crippen LogP contribution in [0.15, 0.2) is 24.3 Å². The molecule has 0 saturated heterocycles. The van der Waals surface area contributed by atoms with E-state index in [-0.39, 0.29) is 0 Å². The summed E-state index contributed by atoms with van der Waals surface area (Å²) in [6.07, 6.45) is -0.432. The van der Waals surface area contributed by atoms with Crippen LogP contribution >= 0.6 is 0 Å². The molecule has 1 atom stereocenters. The monoisotopic (exact) mass is 196 g/mol. The number of aliphatic hydroxyl groups is 1. The summed E-state index contributed by atoms with van der Waals surface area (Å²) in [6.45, 7) is 0. The first kappa shape index (κ1) is 11.2. The third-order valence-electron chi connectivity index (χ3n) is 1.96. The van der Waals surface area contributed by atoms with Crippen LogP contribution in [0.4, 0.5) is 0 Å². The average Bonchev–Trinajstić information content (AvgIpc) is 2.18. The lowest BCUT2D eigenvalue weighted by Crippen LogP contribution is -2.29. The van der Waals surface area contributed by atoms with Gasteiger partial charge in [0.15, 0.2) is 6.29 Å². The Hall–Kier alpha value is -0.875. The van der Waals surface area contributed by atoms with Crippen molar-refractivity contribution in [3.05, 3.63) is 29.8 Å². The first-order valence-electron chi connectivity index (χ1n) is 4.29. The Labute approximate surface area is 82.9 Å². The average molecular weight is 196 g/mol. The first-order chi connectivity index (χ1) is 6.63. The highest BCUT2D eigenvalue weighted by Gasteiger charge is 2.10. The zero-order valence-corrected chi connectivity index (χ0v) is 7.92. The summed E-state index contributed by atoms with van der Waals surface area (Å²) in [4.78, 5) is 0. The topological polar surface area (TPSA) is 69.9 Å². The molecule has 4 nitrogen and oxygen atoms in total. The molecule has 1 aromatic carbocycles. The third-order valence-corrected chi connectivity index (χ3v) is 1.96. The molecule has 0 aromatic heterocycles. The van der Waals surface area contributed by atoms with E-state index in [1.165, 1.54) is 7.11 Å². The molecule has 0 spiro atoms. The molecular formula is C9H13BO4. The summed E-state index contributed by atoms with van der Waals surface area (Å²) in [5.41, 5.74) is 1.31. The molecule has 1 unspecified atom stereocenters. The largest absolute Gasteiger partial charge is 0.488 e. The van der Waals surface area contributed by atoms with Gasteiger partial charge >= 0.3 is 7.12 Å². The Morgan fingerprint density at radius 2 is 1.86 bits per heavy atom. The molecule has 0 bridgehead atoms. The first-order valence-corrected chi connectivity index (χ1v) is 4.29. The second kappa shape index (κ2) is 5.12. The number of rotatable bonds is 4. The van der Waals surface area contributed by atoms with Crippen molar-refractivity contribution in [3.8, 4) is 0 Å². The Morgan fingerprint density at radius 1 is 1.29 bits per heavy atom. The molecule has 0 saturated carbocycles. The maximum absolute atomic E-state index is 9.17. The van der Waals surface area contributed by atoms with Gasteiger partial charge in [-0.1, -0.05) is 24.3 Å². The molecule has 0 fully saturated rings. The van der Waals surface area contributed by atoms with Gasteiger partial charge in [-0.3, -0.25) is 0 Å². The van der Waals surface area contributed by atoms with Crippen molar-refractivity contribution < 1.29 is 19.9 Å². The molecule has 76 valence electrons. The van der Waals surface area contributed by atoms with Crippen LogP contribution in [0, 0.1) is 0 Å². The van der Waals surface area contributed by atoms with Crippen LogP contribution in [0.3, 0.4) is 0 Å². The fraction of sp³-hybridized carbons (Fsp3) is 0.333. The van der Waals surface area contributed by atoms with Gasteiger partial charge in [0.1, 0.15) is 0 Å². The molecule has 1 rings (SSSR count). The summed E-state index contributed by atoms with van der Waals surface area (Å²) < 4.78 is 4.69. The van der Waals surface area contributed by atoms with Crippen LogP contribution < -0.4 is 5.46 Å². The number of methoxy groups -OCH3 is 1. The number of hydrogen-bond donors (Lipinski definition) is 3. The van der Waals surface area contributed by atoms with Crippen LogP contribution in [0.1, 0.15) is 5.56 Å². The predicted molar refractivity (Wildman–Crippen MR) is 53.0 cm³/mol. The van der Waals surface area contributed by atoms with Crippen LogP contribution in [0.5, 0.6) is 0 Å². The molecule has 0 amide bonds. The van der Waals surface area contributed by atoms with Gasteiger partial charge in [0.05, 0.1) is 0 Å². The van der Waals surface area contributed by atoms with Crippen molar-refractivity contribution in [3.63, 3.8) is 0 Å². The molecule has 0 radical (unpaired) electrons. The van der Waals surface area contributed by atoms with Crippen LogP contribution in [0.2, 0.25) is 0 Å². The van der Waals surface area contributed by atoms with E-state index in [1.807, 2.05) is 0 Å². The second-order valence-corrected chi connectivity index (χ2v) is 3.01. The van der Waals surface area contributed by atoms with Gasteiger partial charge in [0.2, 0.25) is 0 Å². The minimum Gasteiger partial charge on any atom is -0.423 e. The zero-order valence-electron chi connectivity index (χ0n) is 7.92. The molecule has 0 heterocycles. The van der Waals surface area contributed by atoms with E-state index in [0.717, 1.165) is 5.56 Å². The summed E-state index contributed by atoms with van der Waals surface area (Å²) in [7, 11) is -0.0207. The third kappa shape index (κ3) is 3.12. The lowest BCUT2D eigenvalue weighted by Gasteiger charge is -2.08. The van der Waals surface area contributed by atoms with Gasteiger partial charge in [-0.2, -0.15) is 0 Å². The zero-order chi connectivity index (χ0) is 10.6. The van der Waals surface area contributed by atoms with Crippen molar-refractivity contribution in [2.75, 3.05) is 7.11 Å². The minimum absolute atomic E-state index is 0.387. The predicted octanol–water partition coefficient (Wildman–Crippen LogP) is -1.13. The van der Waals surface area contributed by atoms with Gasteiger partial charge in [-0.25, -0.2) is 0 Å². The van der Waals surface area contributed by atoms with Crippen molar-refractivity contribution in [1.82, 2.24) is 0 Å². The van der Waals surface area contributed by atoms with Crippen LogP contribution in [-0.4, -0.2) is 35.7 Å². The van der Waals surface area contributed by atoms with E-state index in [4.69, 9.17) is 15.2 Å². The number of aliphatic hydroxyl groups excluding tert-OH is 1. The smallest absolute Gasteiger partial charge is 0.423 e. The van der Waals surface area contributed by atoms with Gasteiger partial charge in [-0.05, 0) is 11.0 Å². The number of ether oxygens (including phenoxy) is 1.